The normalized spacial score (nSPS) is 40.5. The molecule has 0 spiro atoms. The summed E-state index contributed by atoms with van der Waals surface area (Å²) in [7, 11) is 0. The molecule has 2 aliphatic rings. The minimum absolute atomic E-state index is 0.0845. The molecular weight excluding hydrogens is 216 g/mol. The predicted octanol–water partition coefficient (Wildman–Crippen LogP) is 2.41. The lowest BCUT2D eigenvalue weighted by Crippen LogP contribution is -2.28. The van der Waals surface area contributed by atoms with Gasteiger partial charge in [0, 0.05) is 4.83 Å². The molecule has 1 fully saturated rings. The Kier molecular flexibility index (Phi) is 2.37. The van der Waals surface area contributed by atoms with Gasteiger partial charge in [-0.2, -0.15) is 0 Å². The first-order chi connectivity index (χ1) is 5.77. The lowest BCUT2D eigenvalue weighted by molar-refractivity contribution is 0.123. The van der Waals surface area contributed by atoms with E-state index in [1.807, 2.05) is 0 Å². The maximum absolute atomic E-state index is 9.49. The van der Waals surface area contributed by atoms with E-state index < -0.39 is 0 Å². The topological polar surface area (TPSA) is 20.2 Å². The van der Waals surface area contributed by atoms with Gasteiger partial charge in [0.25, 0.3) is 0 Å². The van der Waals surface area contributed by atoms with Gasteiger partial charge in [-0.1, -0.05) is 39.7 Å². The summed E-state index contributed by atoms with van der Waals surface area (Å²) in [5.41, 5.74) is 1.50. The number of rotatable bonds is 0. The van der Waals surface area contributed by atoms with Crippen LogP contribution in [0.4, 0.5) is 0 Å². The molecular formula is C10H13BrO. The monoisotopic (exact) mass is 228 g/mol. The molecule has 1 N–H and O–H groups in total. The van der Waals surface area contributed by atoms with Crippen LogP contribution in [-0.4, -0.2) is 16.0 Å². The van der Waals surface area contributed by atoms with Gasteiger partial charge in [0.05, 0.1) is 6.10 Å². The van der Waals surface area contributed by atoms with Crippen LogP contribution in [0.1, 0.15) is 19.3 Å². The third kappa shape index (κ3) is 1.50. The Morgan fingerprint density at radius 3 is 3.17 bits per heavy atom. The SMILES string of the molecule is O[C@@H]1CCC2=CC=CC(Br)C2C1. The highest BCUT2D eigenvalue weighted by Crippen LogP contribution is 2.37. The summed E-state index contributed by atoms with van der Waals surface area (Å²) in [5.74, 6) is 0.541. The van der Waals surface area contributed by atoms with Crippen molar-refractivity contribution in [3.8, 4) is 0 Å². The van der Waals surface area contributed by atoms with Crippen molar-refractivity contribution in [1.29, 1.82) is 0 Å². The van der Waals surface area contributed by atoms with Gasteiger partial charge >= 0.3 is 0 Å². The minimum atomic E-state index is -0.0845. The summed E-state index contributed by atoms with van der Waals surface area (Å²) >= 11 is 3.62. The van der Waals surface area contributed by atoms with E-state index in [9.17, 15) is 5.11 Å². The smallest absolute Gasteiger partial charge is 0.0549 e. The molecule has 2 unspecified atom stereocenters. The fourth-order valence-corrected chi connectivity index (χ4v) is 2.77. The minimum Gasteiger partial charge on any atom is -0.393 e. The summed E-state index contributed by atoms with van der Waals surface area (Å²) in [6.45, 7) is 0. The number of allylic oxidation sites excluding steroid dienone is 4. The van der Waals surface area contributed by atoms with E-state index in [4.69, 9.17) is 0 Å². The molecule has 0 aromatic carbocycles. The van der Waals surface area contributed by atoms with Crippen molar-refractivity contribution in [3.05, 3.63) is 23.8 Å². The Balaban J connectivity index is 2.16. The van der Waals surface area contributed by atoms with Gasteiger partial charge in [-0.15, -0.1) is 0 Å². The van der Waals surface area contributed by atoms with Crippen molar-refractivity contribution >= 4 is 15.9 Å². The van der Waals surface area contributed by atoms with E-state index >= 15 is 0 Å². The Labute approximate surface area is 81.3 Å². The maximum atomic E-state index is 9.49. The molecule has 0 amide bonds. The summed E-state index contributed by atoms with van der Waals surface area (Å²) in [6.07, 6.45) is 9.32. The number of aliphatic hydroxyl groups is 1. The standard InChI is InChI=1S/C10H13BrO/c11-10-3-1-2-7-4-5-8(12)6-9(7)10/h1-3,8-10,12H,4-6H2/t8-,9?,10?/m1/s1. The van der Waals surface area contributed by atoms with Gasteiger partial charge in [-0.05, 0) is 25.2 Å². The predicted molar refractivity (Wildman–Crippen MR) is 53.3 cm³/mol. The quantitative estimate of drug-likeness (QED) is 0.632. The molecule has 1 saturated carbocycles. The molecule has 0 saturated heterocycles. The lowest BCUT2D eigenvalue weighted by Gasteiger charge is -2.32. The molecule has 0 aromatic rings. The number of halogens is 1. The van der Waals surface area contributed by atoms with Crippen molar-refractivity contribution in [2.24, 2.45) is 5.92 Å². The zero-order chi connectivity index (χ0) is 8.55. The summed E-state index contributed by atoms with van der Waals surface area (Å²) in [4.78, 5) is 0.437. The van der Waals surface area contributed by atoms with Crippen molar-refractivity contribution in [3.63, 3.8) is 0 Å². The van der Waals surface area contributed by atoms with Gasteiger partial charge in [0.1, 0.15) is 0 Å². The highest BCUT2D eigenvalue weighted by molar-refractivity contribution is 9.09. The number of alkyl halides is 1. The van der Waals surface area contributed by atoms with Crippen LogP contribution >= 0.6 is 15.9 Å². The maximum Gasteiger partial charge on any atom is 0.0549 e. The first-order valence-corrected chi connectivity index (χ1v) is 5.38. The number of fused-ring (bicyclic) bond motifs is 1. The first kappa shape index (κ1) is 8.52. The van der Waals surface area contributed by atoms with Gasteiger partial charge in [0.2, 0.25) is 0 Å². The van der Waals surface area contributed by atoms with Gasteiger partial charge in [0.15, 0.2) is 0 Å². The zero-order valence-electron chi connectivity index (χ0n) is 6.91. The van der Waals surface area contributed by atoms with Crippen molar-refractivity contribution in [2.75, 3.05) is 0 Å². The molecule has 0 bridgehead atoms. The number of hydrogen-bond donors (Lipinski definition) is 1. The Morgan fingerprint density at radius 2 is 2.33 bits per heavy atom. The van der Waals surface area contributed by atoms with Crippen molar-refractivity contribution in [1.82, 2.24) is 0 Å². The van der Waals surface area contributed by atoms with Gasteiger partial charge in [-0.25, -0.2) is 0 Å². The van der Waals surface area contributed by atoms with Gasteiger partial charge in [-0.3, -0.25) is 0 Å². The van der Waals surface area contributed by atoms with Crippen LogP contribution in [0.2, 0.25) is 0 Å². The second-order valence-corrected chi connectivity index (χ2v) is 4.66. The van der Waals surface area contributed by atoms with E-state index in [1.165, 1.54) is 5.57 Å². The highest BCUT2D eigenvalue weighted by atomic mass is 79.9. The van der Waals surface area contributed by atoms with E-state index in [0.717, 1.165) is 19.3 Å². The van der Waals surface area contributed by atoms with Crippen LogP contribution in [0.5, 0.6) is 0 Å². The van der Waals surface area contributed by atoms with Gasteiger partial charge < -0.3 is 5.11 Å². The lowest BCUT2D eigenvalue weighted by atomic mass is 9.78. The van der Waals surface area contributed by atoms with Crippen LogP contribution in [0.15, 0.2) is 23.8 Å². The van der Waals surface area contributed by atoms with Crippen LogP contribution in [0.3, 0.4) is 0 Å². The van der Waals surface area contributed by atoms with E-state index in [-0.39, 0.29) is 6.10 Å². The molecule has 1 nitrogen and oxygen atoms in total. The van der Waals surface area contributed by atoms with Crippen LogP contribution in [-0.2, 0) is 0 Å². The number of aliphatic hydroxyl groups excluding tert-OH is 1. The molecule has 0 heterocycles. The van der Waals surface area contributed by atoms with Crippen molar-refractivity contribution < 1.29 is 5.11 Å². The molecule has 2 heteroatoms. The molecule has 66 valence electrons. The Bertz CT molecular complexity index is 232. The molecule has 2 rings (SSSR count). The fourth-order valence-electron chi connectivity index (χ4n) is 2.04. The Morgan fingerprint density at radius 1 is 1.50 bits per heavy atom. The number of hydrogen-bond acceptors (Lipinski definition) is 1. The second kappa shape index (κ2) is 3.35. The third-order valence-electron chi connectivity index (χ3n) is 2.76. The Hall–Kier alpha value is -0.0800. The van der Waals surface area contributed by atoms with Crippen molar-refractivity contribution in [2.45, 2.75) is 30.2 Å². The second-order valence-electron chi connectivity index (χ2n) is 3.61. The molecule has 12 heavy (non-hydrogen) atoms. The summed E-state index contributed by atoms with van der Waals surface area (Å²) < 4.78 is 0. The average molecular weight is 229 g/mol. The molecule has 2 aliphatic carbocycles. The third-order valence-corrected chi connectivity index (χ3v) is 3.70. The van der Waals surface area contributed by atoms with E-state index in [2.05, 4.69) is 34.2 Å². The molecule has 0 aliphatic heterocycles. The fraction of sp³-hybridized carbons (Fsp3) is 0.600. The average Bonchev–Trinajstić information content (AvgIpc) is 2.07. The summed E-state index contributed by atoms with van der Waals surface area (Å²) in [5, 5.41) is 9.49. The highest BCUT2D eigenvalue weighted by Gasteiger charge is 2.29. The van der Waals surface area contributed by atoms with E-state index in [0.29, 0.717) is 10.7 Å². The van der Waals surface area contributed by atoms with Crippen LogP contribution < -0.4 is 0 Å². The first-order valence-electron chi connectivity index (χ1n) is 4.47. The van der Waals surface area contributed by atoms with Crippen LogP contribution in [0.25, 0.3) is 0 Å². The molecule has 0 aromatic heterocycles. The largest absolute Gasteiger partial charge is 0.393 e. The molecule has 0 radical (unpaired) electrons. The van der Waals surface area contributed by atoms with Crippen LogP contribution in [0, 0.1) is 5.92 Å². The zero-order valence-corrected chi connectivity index (χ0v) is 8.50. The summed E-state index contributed by atoms with van der Waals surface area (Å²) in [6, 6.07) is 0. The molecule has 3 atom stereocenters. The van der Waals surface area contributed by atoms with E-state index in [1.54, 1.807) is 0 Å².